The predicted octanol–water partition coefficient (Wildman–Crippen LogP) is 2.89. The van der Waals surface area contributed by atoms with Gasteiger partial charge in [-0.1, -0.05) is 30.3 Å². The molecule has 0 aliphatic rings. The molecule has 0 saturated heterocycles. The number of ether oxygens (including phenoxy) is 1. The van der Waals surface area contributed by atoms with Gasteiger partial charge in [0.15, 0.2) is 0 Å². The minimum Gasteiger partial charge on any atom is -0.495 e. The van der Waals surface area contributed by atoms with E-state index in [2.05, 4.69) is 10.6 Å². The normalized spacial score (nSPS) is 11.4. The number of non-ortho nitro benzene ring substituents is 1. The third-order valence-corrected chi connectivity index (χ3v) is 3.51. The molecule has 7 heteroatoms. The van der Waals surface area contributed by atoms with Crippen LogP contribution >= 0.6 is 0 Å². The van der Waals surface area contributed by atoms with Crippen LogP contribution in [0.5, 0.6) is 5.75 Å². The highest BCUT2D eigenvalue weighted by atomic mass is 16.6. The van der Waals surface area contributed by atoms with Crippen molar-refractivity contribution in [1.82, 2.24) is 5.32 Å². The van der Waals surface area contributed by atoms with Crippen LogP contribution in [0.15, 0.2) is 48.5 Å². The van der Waals surface area contributed by atoms with Gasteiger partial charge < -0.3 is 15.4 Å². The lowest BCUT2D eigenvalue weighted by molar-refractivity contribution is -0.384. The van der Waals surface area contributed by atoms with Crippen LogP contribution in [0.3, 0.4) is 0 Å². The Balaban J connectivity index is 1.98. The highest BCUT2D eigenvalue weighted by Crippen LogP contribution is 2.28. The zero-order valence-corrected chi connectivity index (χ0v) is 13.5. The number of methoxy groups -OCH3 is 1. The maximum atomic E-state index is 12.1. The Morgan fingerprint density at radius 2 is 1.96 bits per heavy atom. The first-order valence-corrected chi connectivity index (χ1v) is 7.42. The van der Waals surface area contributed by atoms with E-state index in [9.17, 15) is 14.9 Å². The summed E-state index contributed by atoms with van der Waals surface area (Å²) in [5.74, 6) is 0.212. The van der Waals surface area contributed by atoms with E-state index in [1.165, 1.54) is 25.3 Å². The van der Waals surface area contributed by atoms with Crippen molar-refractivity contribution in [2.45, 2.75) is 13.0 Å². The van der Waals surface area contributed by atoms with Crippen molar-refractivity contribution in [3.63, 3.8) is 0 Å². The molecule has 1 atom stereocenters. The number of carbonyl (C=O) groups excluding carboxylic acids is 1. The second kappa shape index (κ2) is 7.96. The number of nitrogens with zero attached hydrogens (tertiary/aromatic N) is 1. The first-order valence-electron chi connectivity index (χ1n) is 7.42. The number of anilines is 1. The number of rotatable bonds is 7. The maximum absolute atomic E-state index is 12.1. The van der Waals surface area contributed by atoms with Crippen LogP contribution < -0.4 is 15.4 Å². The van der Waals surface area contributed by atoms with Crippen LogP contribution in [-0.4, -0.2) is 24.5 Å². The minimum atomic E-state index is -0.498. The molecule has 0 aromatic heterocycles. The van der Waals surface area contributed by atoms with Gasteiger partial charge >= 0.3 is 0 Å². The first kappa shape index (κ1) is 17.3. The van der Waals surface area contributed by atoms with Crippen molar-refractivity contribution in [2.24, 2.45) is 0 Å². The largest absolute Gasteiger partial charge is 0.495 e. The SMILES string of the molecule is COc1ccc([N+](=O)[O-])cc1NCC(=O)N[C@@H](C)c1ccccc1. The third kappa shape index (κ3) is 4.45. The summed E-state index contributed by atoms with van der Waals surface area (Å²) in [5, 5.41) is 16.6. The van der Waals surface area contributed by atoms with Gasteiger partial charge in [-0.15, -0.1) is 0 Å². The molecule has 0 bridgehead atoms. The van der Waals surface area contributed by atoms with Crippen molar-refractivity contribution in [1.29, 1.82) is 0 Å². The van der Waals surface area contributed by atoms with E-state index in [1.807, 2.05) is 37.3 Å². The van der Waals surface area contributed by atoms with Crippen LogP contribution in [0.1, 0.15) is 18.5 Å². The molecule has 2 aromatic rings. The molecule has 2 rings (SSSR count). The molecule has 126 valence electrons. The van der Waals surface area contributed by atoms with Crippen LogP contribution in [-0.2, 0) is 4.79 Å². The van der Waals surface area contributed by atoms with E-state index in [0.29, 0.717) is 11.4 Å². The lowest BCUT2D eigenvalue weighted by Crippen LogP contribution is -2.32. The molecule has 0 aliphatic heterocycles. The summed E-state index contributed by atoms with van der Waals surface area (Å²) in [6, 6.07) is 13.6. The Bertz CT molecular complexity index is 719. The average molecular weight is 329 g/mol. The molecule has 0 aliphatic carbocycles. The molecular formula is C17H19N3O4. The number of carbonyl (C=O) groups is 1. The Morgan fingerprint density at radius 3 is 2.58 bits per heavy atom. The molecule has 0 spiro atoms. The lowest BCUT2D eigenvalue weighted by atomic mass is 10.1. The standard InChI is InChI=1S/C17H19N3O4/c1-12(13-6-4-3-5-7-13)19-17(21)11-18-15-10-14(20(22)23)8-9-16(15)24-2/h3-10,12,18H,11H2,1-2H3,(H,19,21)/t12-/m0/s1. The van der Waals surface area contributed by atoms with E-state index < -0.39 is 4.92 Å². The summed E-state index contributed by atoms with van der Waals surface area (Å²) in [5.41, 5.74) is 1.32. The molecule has 1 amide bonds. The van der Waals surface area contributed by atoms with Crippen LogP contribution in [0, 0.1) is 10.1 Å². The Labute approximate surface area is 139 Å². The third-order valence-electron chi connectivity index (χ3n) is 3.51. The molecule has 0 saturated carbocycles. The topological polar surface area (TPSA) is 93.5 Å². The van der Waals surface area contributed by atoms with Gasteiger partial charge in [-0.3, -0.25) is 14.9 Å². The van der Waals surface area contributed by atoms with Crippen molar-refractivity contribution in [3.8, 4) is 5.75 Å². The van der Waals surface area contributed by atoms with E-state index in [1.54, 1.807) is 0 Å². The Hall–Kier alpha value is -3.09. The summed E-state index contributed by atoms with van der Waals surface area (Å²) in [6.45, 7) is 1.87. The molecule has 0 radical (unpaired) electrons. The molecule has 0 heterocycles. The fraction of sp³-hybridized carbons (Fsp3) is 0.235. The lowest BCUT2D eigenvalue weighted by Gasteiger charge is -2.15. The van der Waals surface area contributed by atoms with Gasteiger partial charge in [-0.2, -0.15) is 0 Å². The first-order chi connectivity index (χ1) is 11.5. The van der Waals surface area contributed by atoms with Crippen LogP contribution in [0.25, 0.3) is 0 Å². The Kier molecular flexibility index (Phi) is 5.73. The quantitative estimate of drug-likeness (QED) is 0.602. The highest BCUT2D eigenvalue weighted by Gasteiger charge is 2.13. The fourth-order valence-electron chi connectivity index (χ4n) is 2.24. The molecule has 0 unspecified atom stereocenters. The zero-order valence-electron chi connectivity index (χ0n) is 13.5. The van der Waals surface area contributed by atoms with Crippen LogP contribution in [0.4, 0.5) is 11.4 Å². The summed E-state index contributed by atoms with van der Waals surface area (Å²) in [4.78, 5) is 22.4. The predicted molar refractivity (Wildman–Crippen MR) is 91.1 cm³/mol. The van der Waals surface area contributed by atoms with Crippen molar-refractivity contribution in [3.05, 3.63) is 64.2 Å². The molecule has 2 N–H and O–H groups in total. The van der Waals surface area contributed by atoms with Crippen LogP contribution in [0.2, 0.25) is 0 Å². The zero-order chi connectivity index (χ0) is 17.5. The van der Waals surface area contributed by atoms with Gasteiger partial charge in [-0.05, 0) is 18.6 Å². The van der Waals surface area contributed by atoms with E-state index >= 15 is 0 Å². The summed E-state index contributed by atoms with van der Waals surface area (Å²) in [7, 11) is 1.46. The van der Waals surface area contributed by atoms with Crippen molar-refractivity contribution < 1.29 is 14.5 Å². The smallest absolute Gasteiger partial charge is 0.271 e. The van der Waals surface area contributed by atoms with Crippen molar-refractivity contribution >= 4 is 17.3 Å². The monoisotopic (exact) mass is 329 g/mol. The minimum absolute atomic E-state index is 0.0191. The van der Waals surface area contributed by atoms with E-state index in [-0.39, 0.29) is 24.2 Å². The average Bonchev–Trinajstić information content (AvgIpc) is 2.60. The fourth-order valence-corrected chi connectivity index (χ4v) is 2.24. The molecule has 2 aromatic carbocycles. The van der Waals surface area contributed by atoms with E-state index in [0.717, 1.165) is 5.56 Å². The maximum Gasteiger partial charge on any atom is 0.271 e. The second-order valence-corrected chi connectivity index (χ2v) is 5.20. The van der Waals surface area contributed by atoms with Gasteiger partial charge in [-0.25, -0.2) is 0 Å². The second-order valence-electron chi connectivity index (χ2n) is 5.20. The number of nitrogens with one attached hydrogen (secondary N) is 2. The van der Waals surface area contributed by atoms with Gasteiger partial charge in [0.05, 0.1) is 30.3 Å². The van der Waals surface area contributed by atoms with E-state index in [4.69, 9.17) is 4.74 Å². The molecule has 0 fully saturated rings. The summed E-state index contributed by atoms with van der Waals surface area (Å²) < 4.78 is 5.15. The van der Waals surface area contributed by atoms with Gasteiger partial charge in [0.2, 0.25) is 5.91 Å². The Morgan fingerprint density at radius 1 is 1.25 bits per heavy atom. The van der Waals surface area contributed by atoms with Crippen molar-refractivity contribution in [2.75, 3.05) is 19.0 Å². The number of amides is 1. The van der Waals surface area contributed by atoms with Gasteiger partial charge in [0, 0.05) is 12.1 Å². The highest BCUT2D eigenvalue weighted by molar-refractivity contribution is 5.82. The number of hydrogen-bond acceptors (Lipinski definition) is 5. The molecular weight excluding hydrogens is 310 g/mol. The molecule has 7 nitrogen and oxygen atoms in total. The van der Waals surface area contributed by atoms with Gasteiger partial charge in [0.25, 0.3) is 5.69 Å². The number of benzene rings is 2. The number of hydrogen-bond donors (Lipinski definition) is 2. The molecule has 24 heavy (non-hydrogen) atoms. The number of nitro groups is 1. The number of nitro benzene ring substituents is 1. The van der Waals surface area contributed by atoms with Gasteiger partial charge in [0.1, 0.15) is 5.75 Å². The summed E-state index contributed by atoms with van der Waals surface area (Å²) in [6.07, 6.45) is 0. The summed E-state index contributed by atoms with van der Waals surface area (Å²) >= 11 is 0.